The minimum atomic E-state index is -0.147. The molecule has 1 amide bonds. The fourth-order valence-corrected chi connectivity index (χ4v) is 2.40. The highest BCUT2D eigenvalue weighted by atomic mass is 16.5. The summed E-state index contributed by atoms with van der Waals surface area (Å²) < 4.78 is 5.68. The summed E-state index contributed by atoms with van der Waals surface area (Å²) in [5.41, 5.74) is 1.08. The van der Waals surface area contributed by atoms with Gasteiger partial charge in [0, 0.05) is 12.0 Å². The largest absolute Gasteiger partial charge is 0.352 e. The molecule has 2 atom stereocenters. The Morgan fingerprint density at radius 2 is 2.07 bits per heavy atom. The molecule has 3 heteroatoms. The summed E-state index contributed by atoms with van der Waals surface area (Å²) >= 11 is 0. The molecule has 0 saturated carbocycles. The molecule has 0 aliphatic carbocycles. The molecular formula is C12H13NO2. The van der Waals surface area contributed by atoms with Gasteiger partial charge < -0.3 is 9.64 Å². The Bertz CT molecular complexity index is 376. The van der Waals surface area contributed by atoms with E-state index >= 15 is 0 Å². The molecule has 0 N–H and O–H groups in total. The minimum Gasteiger partial charge on any atom is -0.352 e. The molecule has 2 aliphatic rings. The fourth-order valence-electron chi connectivity index (χ4n) is 2.40. The van der Waals surface area contributed by atoms with Gasteiger partial charge in [-0.2, -0.15) is 0 Å². The molecule has 0 unspecified atom stereocenters. The normalized spacial score (nSPS) is 29.6. The molecule has 15 heavy (non-hydrogen) atoms. The van der Waals surface area contributed by atoms with E-state index in [1.807, 2.05) is 35.2 Å². The van der Waals surface area contributed by atoms with Gasteiger partial charge >= 0.3 is 0 Å². The summed E-state index contributed by atoms with van der Waals surface area (Å²) in [6.07, 6.45) is 1.48. The molecule has 3 rings (SSSR count). The average Bonchev–Trinajstić information content (AvgIpc) is 2.84. The van der Waals surface area contributed by atoms with E-state index in [2.05, 4.69) is 0 Å². The van der Waals surface area contributed by atoms with Gasteiger partial charge in [-0.15, -0.1) is 0 Å². The minimum absolute atomic E-state index is 0.147. The van der Waals surface area contributed by atoms with Crippen LogP contribution in [0.3, 0.4) is 0 Å². The molecule has 1 aromatic rings. The standard InChI is InChI=1S/C12H13NO2/c14-11-7-6-10-8-15-12(13(10)11)9-4-2-1-3-5-9/h1-5,10,12H,6-8H2/t10-,12+/m1/s1. The molecule has 0 spiro atoms. The molecule has 0 bridgehead atoms. The van der Waals surface area contributed by atoms with Gasteiger partial charge in [0.15, 0.2) is 6.23 Å². The van der Waals surface area contributed by atoms with Crippen LogP contribution in [0.25, 0.3) is 0 Å². The van der Waals surface area contributed by atoms with Crippen LogP contribution < -0.4 is 0 Å². The lowest BCUT2D eigenvalue weighted by molar-refractivity contribution is -0.134. The molecular weight excluding hydrogens is 190 g/mol. The molecule has 0 radical (unpaired) electrons. The maximum absolute atomic E-state index is 11.7. The first kappa shape index (κ1) is 8.92. The summed E-state index contributed by atoms with van der Waals surface area (Å²) in [6.45, 7) is 0.686. The maximum atomic E-state index is 11.7. The number of hydrogen-bond acceptors (Lipinski definition) is 2. The van der Waals surface area contributed by atoms with Crippen molar-refractivity contribution in [3.8, 4) is 0 Å². The van der Waals surface area contributed by atoms with E-state index in [4.69, 9.17) is 4.74 Å². The van der Waals surface area contributed by atoms with Crippen molar-refractivity contribution in [1.29, 1.82) is 0 Å². The average molecular weight is 203 g/mol. The lowest BCUT2D eigenvalue weighted by Crippen LogP contribution is -2.30. The van der Waals surface area contributed by atoms with Crippen molar-refractivity contribution in [3.63, 3.8) is 0 Å². The lowest BCUT2D eigenvalue weighted by Gasteiger charge is -2.22. The summed E-state index contributed by atoms with van der Waals surface area (Å²) in [6, 6.07) is 10.3. The van der Waals surface area contributed by atoms with Crippen LogP contribution in [0, 0.1) is 0 Å². The van der Waals surface area contributed by atoms with Gasteiger partial charge in [-0.05, 0) is 6.42 Å². The van der Waals surface area contributed by atoms with Gasteiger partial charge in [-0.25, -0.2) is 0 Å². The maximum Gasteiger partial charge on any atom is 0.225 e. The third-order valence-corrected chi connectivity index (χ3v) is 3.16. The monoisotopic (exact) mass is 203 g/mol. The molecule has 1 aromatic carbocycles. The van der Waals surface area contributed by atoms with Crippen molar-refractivity contribution >= 4 is 5.91 Å². The zero-order chi connectivity index (χ0) is 10.3. The SMILES string of the molecule is O=C1CC[C@@H]2CO[C@@H](c3ccccc3)N12. The van der Waals surface area contributed by atoms with Crippen molar-refractivity contribution in [3.05, 3.63) is 35.9 Å². The first-order chi connectivity index (χ1) is 7.36. The summed E-state index contributed by atoms with van der Waals surface area (Å²) in [7, 11) is 0. The highest BCUT2D eigenvalue weighted by Crippen LogP contribution is 2.36. The predicted octanol–water partition coefficient (Wildman–Crippen LogP) is 1.71. The van der Waals surface area contributed by atoms with Crippen LogP contribution in [0.5, 0.6) is 0 Å². The number of carbonyl (C=O) groups excluding carboxylic acids is 1. The van der Waals surface area contributed by atoms with Crippen LogP contribution >= 0.6 is 0 Å². The van der Waals surface area contributed by atoms with Crippen LogP contribution in [0.2, 0.25) is 0 Å². The summed E-state index contributed by atoms with van der Waals surface area (Å²) in [5.74, 6) is 0.228. The molecule has 2 saturated heterocycles. The second-order valence-electron chi connectivity index (χ2n) is 4.09. The zero-order valence-corrected chi connectivity index (χ0v) is 8.43. The molecule has 2 heterocycles. The van der Waals surface area contributed by atoms with Gasteiger partial charge in [0.25, 0.3) is 0 Å². The topological polar surface area (TPSA) is 29.5 Å². The van der Waals surface area contributed by atoms with Gasteiger partial charge in [0.05, 0.1) is 12.6 Å². The van der Waals surface area contributed by atoms with Crippen molar-refractivity contribution < 1.29 is 9.53 Å². The summed E-state index contributed by atoms with van der Waals surface area (Å²) in [5, 5.41) is 0. The van der Waals surface area contributed by atoms with Crippen LogP contribution in [0.4, 0.5) is 0 Å². The van der Waals surface area contributed by atoms with E-state index in [0.29, 0.717) is 19.1 Å². The van der Waals surface area contributed by atoms with E-state index in [-0.39, 0.29) is 12.1 Å². The quantitative estimate of drug-likeness (QED) is 0.695. The first-order valence-corrected chi connectivity index (χ1v) is 5.34. The Labute approximate surface area is 88.6 Å². The number of hydrogen-bond donors (Lipinski definition) is 0. The zero-order valence-electron chi connectivity index (χ0n) is 8.43. The van der Waals surface area contributed by atoms with E-state index in [0.717, 1.165) is 12.0 Å². The molecule has 2 aliphatic heterocycles. The number of amides is 1. The van der Waals surface area contributed by atoms with E-state index in [1.165, 1.54) is 0 Å². The smallest absolute Gasteiger partial charge is 0.225 e. The third kappa shape index (κ3) is 1.35. The van der Waals surface area contributed by atoms with E-state index in [1.54, 1.807) is 0 Å². The Hall–Kier alpha value is -1.35. The Kier molecular flexibility index (Phi) is 1.99. The fraction of sp³-hybridized carbons (Fsp3) is 0.417. The molecule has 0 aromatic heterocycles. The van der Waals surface area contributed by atoms with Crippen LogP contribution in [-0.2, 0) is 9.53 Å². The van der Waals surface area contributed by atoms with Crippen molar-refractivity contribution in [2.45, 2.75) is 25.1 Å². The second-order valence-corrected chi connectivity index (χ2v) is 4.09. The summed E-state index contributed by atoms with van der Waals surface area (Å²) in [4.78, 5) is 13.6. The van der Waals surface area contributed by atoms with Crippen LogP contribution in [0.1, 0.15) is 24.6 Å². The number of fused-ring (bicyclic) bond motifs is 1. The van der Waals surface area contributed by atoms with Crippen LogP contribution in [0.15, 0.2) is 30.3 Å². The second kappa shape index (κ2) is 3.35. The Balaban J connectivity index is 1.92. The Morgan fingerprint density at radius 3 is 2.87 bits per heavy atom. The third-order valence-electron chi connectivity index (χ3n) is 3.16. The van der Waals surface area contributed by atoms with Gasteiger partial charge in [-0.1, -0.05) is 30.3 Å². The van der Waals surface area contributed by atoms with Crippen molar-refractivity contribution in [2.75, 3.05) is 6.61 Å². The van der Waals surface area contributed by atoms with Crippen molar-refractivity contribution in [1.82, 2.24) is 4.90 Å². The molecule has 78 valence electrons. The van der Waals surface area contributed by atoms with E-state index < -0.39 is 0 Å². The number of ether oxygens (including phenoxy) is 1. The van der Waals surface area contributed by atoms with Gasteiger partial charge in [0.1, 0.15) is 0 Å². The Morgan fingerprint density at radius 1 is 1.27 bits per heavy atom. The number of benzene rings is 1. The lowest BCUT2D eigenvalue weighted by atomic mass is 10.2. The molecule has 2 fully saturated rings. The number of carbonyl (C=O) groups is 1. The van der Waals surface area contributed by atoms with Gasteiger partial charge in [0.2, 0.25) is 5.91 Å². The highest BCUT2D eigenvalue weighted by molar-refractivity contribution is 5.79. The highest BCUT2D eigenvalue weighted by Gasteiger charge is 2.42. The first-order valence-electron chi connectivity index (χ1n) is 5.34. The van der Waals surface area contributed by atoms with E-state index in [9.17, 15) is 4.79 Å². The van der Waals surface area contributed by atoms with Gasteiger partial charge in [-0.3, -0.25) is 4.79 Å². The number of rotatable bonds is 1. The number of nitrogens with zero attached hydrogens (tertiary/aromatic N) is 1. The van der Waals surface area contributed by atoms with Crippen molar-refractivity contribution in [2.24, 2.45) is 0 Å². The molecule has 3 nitrogen and oxygen atoms in total. The van der Waals surface area contributed by atoms with Crippen LogP contribution in [-0.4, -0.2) is 23.5 Å². The predicted molar refractivity (Wildman–Crippen MR) is 55.0 cm³/mol.